The van der Waals surface area contributed by atoms with Gasteiger partial charge in [0.1, 0.15) is 6.17 Å². The van der Waals surface area contributed by atoms with Crippen LogP contribution in [0, 0.1) is 11.8 Å². The second kappa shape index (κ2) is 3.42. The first-order valence-corrected chi connectivity index (χ1v) is 6.14. The third-order valence-electron chi connectivity index (χ3n) is 4.34. The molecule has 1 aliphatic heterocycles. The Morgan fingerprint density at radius 3 is 2.93 bits per heavy atom. The van der Waals surface area contributed by atoms with Gasteiger partial charge in [-0.25, -0.2) is 4.39 Å². The molecule has 2 aliphatic carbocycles. The topological polar surface area (TPSA) is 12.5 Å². The van der Waals surface area contributed by atoms with E-state index in [4.69, 9.17) is 4.74 Å². The van der Waals surface area contributed by atoms with Crippen molar-refractivity contribution < 1.29 is 9.13 Å². The molecule has 86 valence electrons. The van der Waals surface area contributed by atoms with E-state index in [1.807, 2.05) is 0 Å². The Labute approximate surface area is 90.8 Å². The first-order chi connectivity index (χ1) is 7.18. The molecule has 2 nitrogen and oxygen atoms in total. The SMILES string of the molecule is CN1CC(COC23CCC(F)CC2C3)C1. The molecular formula is C12H20FNO. The normalized spacial score (nSPS) is 46.0. The van der Waals surface area contributed by atoms with Crippen LogP contribution in [0.4, 0.5) is 4.39 Å². The van der Waals surface area contributed by atoms with Gasteiger partial charge in [0.15, 0.2) is 0 Å². The molecule has 3 aliphatic rings. The number of hydrogen-bond acceptors (Lipinski definition) is 2. The Morgan fingerprint density at radius 1 is 1.47 bits per heavy atom. The van der Waals surface area contributed by atoms with Crippen LogP contribution in [-0.4, -0.2) is 43.4 Å². The van der Waals surface area contributed by atoms with Crippen molar-refractivity contribution in [3.8, 4) is 0 Å². The van der Waals surface area contributed by atoms with E-state index in [9.17, 15) is 4.39 Å². The van der Waals surface area contributed by atoms with Gasteiger partial charge in [0, 0.05) is 19.0 Å². The van der Waals surface area contributed by atoms with Crippen molar-refractivity contribution in [2.24, 2.45) is 11.8 Å². The number of fused-ring (bicyclic) bond motifs is 1. The largest absolute Gasteiger partial charge is 0.374 e. The standard InChI is InChI=1S/C12H20FNO/c1-14-6-9(7-14)8-15-12-3-2-11(13)4-10(12)5-12/h9-11H,2-8H2,1H3. The highest BCUT2D eigenvalue weighted by Gasteiger charge is 2.58. The van der Waals surface area contributed by atoms with Crippen molar-refractivity contribution >= 4 is 0 Å². The molecule has 3 fully saturated rings. The van der Waals surface area contributed by atoms with Crippen LogP contribution >= 0.6 is 0 Å². The summed E-state index contributed by atoms with van der Waals surface area (Å²) in [4.78, 5) is 2.31. The summed E-state index contributed by atoms with van der Waals surface area (Å²) in [5.41, 5.74) is 0.122. The maximum atomic E-state index is 13.1. The van der Waals surface area contributed by atoms with Crippen LogP contribution < -0.4 is 0 Å². The van der Waals surface area contributed by atoms with Gasteiger partial charge in [-0.1, -0.05) is 0 Å². The minimum atomic E-state index is -0.552. The van der Waals surface area contributed by atoms with E-state index in [1.165, 1.54) is 13.1 Å². The predicted molar refractivity (Wildman–Crippen MR) is 56.5 cm³/mol. The lowest BCUT2D eigenvalue weighted by molar-refractivity contribution is -0.0515. The number of likely N-dealkylation sites (tertiary alicyclic amines) is 1. The van der Waals surface area contributed by atoms with Gasteiger partial charge in [0.05, 0.1) is 12.2 Å². The summed E-state index contributed by atoms with van der Waals surface area (Å²) < 4.78 is 19.1. The van der Waals surface area contributed by atoms with Crippen molar-refractivity contribution in [3.63, 3.8) is 0 Å². The van der Waals surface area contributed by atoms with Gasteiger partial charge in [-0.05, 0) is 38.6 Å². The summed E-state index contributed by atoms with van der Waals surface area (Å²) in [6.45, 7) is 3.25. The molecule has 3 unspecified atom stereocenters. The minimum absolute atomic E-state index is 0.122. The van der Waals surface area contributed by atoms with Crippen molar-refractivity contribution in [3.05, 3.63) is 0 Å². The van der Waals surface area contributed by atoms with Gasteiger partial charge >= 0.3 is 0 Å². The number of hydrogen-bond donors (Lipinski definition) is 0. The minimum Gasteiger partial charge on any atom is -0.374 e. The van der Waals surface area contributed by atoms with E-state index in [-0.39, 0.29) is 5.60 Å². The lowest BCUT2D eigenvalue weighted by atomic mass is 9.95. The van der Waals surface area contributed by atoms with E-state index in [0.717, 1.165) is 38.2 Å². The molecule has 0 amide bonds. The Bertz CT molecular complexity index is 254. The second-order valence-corrected chi connectivity index (χ2v) is 5.74. The highest BCUT2D eigenvalue weighted by atomic mass is 19.1. The smallest absolute Gasteiger partial charge is 0.101 e. The molecule has 0 aromatic rings. The van der Waals surface area contributed by atoms with Crippen LogP contribution in [0.25, 0.3) is 0 Å². The number of rotatable bonds is 3. The van der Waals surface area contributed by atoms with Crippen molar-refractivity contribution in [2.75, 3.05) is 26.7 Å². The molecule has 0 aromatic carbocycles. The van der Waals surface area contributed by atoms with Crippen LogP contribution in [0.5, 0.6) is 0 Å². The average molecular weight is 213 g/mol. The van der Waals surface area contributed by atoms with E-state index < -0.39 is 6.17 Å². The van der Waals surface area contributed by atoms with Gasteiger partial charge in [0.2, 0.25) is 0 Å². The molecule has 0 N–H and O–H groups in total. The van der Waals surface area contributed by atoms with E-state index in [1.54, 1.807) is 0 Å². The molecule has 2 saturated carbocycles. The van der Waals surface area contributed by atoms with Crippen molar-refractivity contribution in [2.45, 2.75) is 37.5 Å². The highest BCUT2D eigenvalue weighted by molar-refractivity contribution is 5.09. The van der Waals surface area contributed by atoms with Gasteiger partial charge in [-0.2, -0.15) is 0 Å². The maximum absolute atomic E-state index is 13.1. The summed E-state index contributed by atoms with van der Waals surface area (Å²) in [6.07, 6.45) is 3.01. The first-order valence-electron chi connectivity index (χ1n) is 6.14. The third kappa shape index (κ3) is 1.80. The molecule has 1 saturated heterocycles. The fraction of sp³-hybridized carbons (Fsp3) is 1.00. The summed E-state index contributed by atoms with van der Waals surface area (Å²) in [5, 5.41) is 0. The third-order valence-corrected chi connectivity index (χ3v) is 4.34. The Morgan fingerprint density at radius 2 is 2.27 bits per heavy atom. The Balaban J connectivity index is 1.45. The zero-order valence-corrected chi connectivity index (χ0v) is 9.42. The number of alkyl halides is 1. The molecule has 3 heteroatoms. The summed E-state index contributed by atoms with van der Waals surface area (Å²) >= 11 is 0. The molecular weight excluding hydrogens is 193 g/mol. The predicted octanol–water partition coefficient (Wildman–Crippen LogP) is 1.85. The van der Waals surface area contributed by atoms with Crippen molar-refractivity contribution in [1.29, 1.82) is 0 Å². The average Bonchev–Trinajstić information content (AvgIpc) is 2.85. The first kappa shape index (κ1) is 10.0. The fourth-order valence-corrected chi connectivity index (χ4v) is 3.26. The molecule has 0 bridgehead atoms. The molecule has 15 heavy (non-hydrogen) atoms. The molecule has 0 radical (unpaired) electrons. The molecule has 0 aromatic heterocycles. The second-order valence-electron chi connectivity index (χ2n) is 5.74. The van der Waals surface area contributed by atoms with E-state index in [0.29, 0.717) is 5.92 Å². The van der Waals surface area contributed by atoms with Gasteiger partial charge < -0.3 is 9.64 Å². The Hall–Kier alpha value is -0.150. The van der Waals surface area contributed by atoms with Crippen LogP contribution in [0.1, 0.15) is 25.7 Å². The quantitative estimate of drug-likeness (QED) is 0.709. The highest BCUT2D eigenvalue weighted by Crippen LogP contribution is 2.57. The zero-order chi connectivity index (χ0) is 10.5. The van der Waals surface area contributed by atoms with Crippen LogP contribution in [0.3, 0.4) is 0 Å². The van der Waals surface area contributed by atoms with Crippen LogP contribution in [0.15, 0.2) is 0 Å². The summed E-state index contributed by atoms with van der Waals surface area (Å²) in [5.74, 6) is 1.27. The molecule has 1 heterocycles. The fourth-order valence-electron chi connectivity index (χ4n) is 3.26. The monoisotopic (exact) mass is 213 g/mol. The van der Waals surface area contributed by atoms with Crippen molar-refractivity contribution in [1.82, 2.24) is 4.90 Å². The number of nitrogens with zero attached hydrogens (tertiary/aromatic N) is 1. The Kier molecular flexibility index (Phi) is 2.29. The zero-order valence-electron chi connectivity index (χ0n) is 9.42. The number of ether oxygens (including phenoxy) is 1. The summed E-state index contributed by atoms with van der Waals surface area (Å²) in [6, 6.07) is 0. The van der Waals surface area contributed by atoms with Gasteiger partial charge in [-0.3, -0.25) is 0 Å². The van der Waals surface area contributed by atoms with Crippen LogP contribution in [0.2, 0.25) is 0 Å². The van der Waals surface area contributed by atoms with E-state index >= 15 is 0 Å². The molecule has 3 rings (SSSR count). The molecule has 0 spiro atoms. The molecule has 3 atom stereocenters. The van der Waals surface area contributed by atoms with Crippen LogP contribution in [-0.2, 0) is 4.74 Å². The van der Waals surface area contributed by atoms with Gasteiger partial charge in [0.25, 0.3) is 0 Å². The number of halogens is 1. The lowest BCUT2D eigenvalue weighted by Crippen LogP contribution is -2.46. The maximum Gasteiger partial charge on any atom is 0.101 e. The van der Waals surface area contributed by atoms with E-state index in [2.05, 4.69) is 11.9 Å². The summed E-state index contributed by atoms with van der Waals surface area (Å²) in [7, 11) is 2.14. The lowest BCUT2D eigenvalue weighted by Gasteiger charge is -2.37. The van der Waals surface area contributed by atoms with Gasteiger partial charge in [-0.15, -0.1) is 0 Å².